The number of nitrogens with zero attached hydrogens (tertiary/aromatic N) is 1. The summed E-state index contributed by atoms with van der Waals surface area (Å²) < 4.78 is 23.8. The molecule has 1 N–H and O–H groups in total. The van der Waals surface area contributed by atoms with Gasteiger partial charge in [0.05, 0.1) is 5.69 Å². The van der Waals surface area contributed by atoms with Gasteiger partial charge >= 0.3 is 0 Å². The van der Waals surface area contributed by atoms with Crippen molar-refractivity contribution in [3.8, 4) is 5.75 Å². The van der Waals surface area contributed by atoms with Crippen molar-refractivity contribution in [3.63, 3.8) is 0 Å². The van der Waals surface area contributed by atoms with Crippen LogP contribution in [0.25, 0.3) is 0 Å². The lowest BCUT2D eigenvalue weighted by Gasteiger charge is -2.15. The van der Waals surface area contributed by atoms with Gasteiger partial charge in [-0.05, 0) is 32.9 Å². The molecular weight excluding hydrogens is 275 g/mol. The zero-order valence-electron chi connectivity index (χ0n) is 12.1. The Balaban J connectivity index is 1.93. The summed E-state index contributed by atoms with van der Waals surface area (Å²) in [6.45, 7) is 5.44. The molecule has 0 saturated carbocycles. The monoisotopic (exact) mass is 292 g/mol. The number of aromatic nitrogens is 1. The molecule has 112 valence electrons. The molecule has 2 rings (SSSR count). The van der Waals surface area contributed by atoms with Crippen LogP contribution in [-0.4, -0.2) is 17.2 Å². The van der Waals surface area contributed by atoms with Crippen molar-refractivity contribution in [2.45, 2.75) is 33.4 Å². The molecular formula is C15H17FN2O3. The molecule has 1 heterocycles. The van der Waals surface area contributed by atoms with Crippen LogP contribution in [0.1, 0.15) is 23.9 Å². The van der Waals surface area contributed by atoms with Crippen molar-refractivity contribution in [2.75, 3.05) is 0 Å². The van der Waals surface area contributed by atoms with E-state index in [1.807, 2.05) is 0 Å². The first kappa shape index (κ1) is 15.0. The highest BCUT2D eigenvalue weighted by Crippen LogP contribution is 2.17. The van der Waals surface area contributed by atoms with E-state index in [9.17, 15) is 9.18 Å². The molecule has 0 aliphatic rings. The van der Waals surface area contributed by atoms with Gasteiger partial charge < -0.3 is 14.6 Å². The van der Waals surface area contributed by atoms with Crippen LogP contribution >= 0.6 is 0 Å². The van der Waals surface area contributed by atoms with Gasteiger partial charge in [0, 0.05) is 12.1 Å². The molecule has 1 aromatic carbocycles. The zero-order chi connectivity index (χ0) is 15.4. The van der Waals surface area contributed by atoms with Crippen LogP contribution in [0.15, 0.2) is 28.8 Å². The molecule has 1 amide bonds. The van der Waals surface area contributed by atoms with Crippen LogP contribution in [0.4, 0.5) is 4.39 Å². The molecule has 0 unspecified atom stereocenters. The Morgan fingerprint density at radius 1 is 1.43 bits per heavy atom. The highest BCUT2D eigenvalue weighted by molar-refractivity contribution is 5.80. The number of hydrogen-bond donors (Lipinski definition) is 1. The van der Waals surface area contributed by atoms with Crippen molar-refractivity contribution in [1.29, 1.82) is 0 Å². The average molecular weight is 292 g/mol. The van der Waals surface area contributed by atoms with Crippen LogP contribution in [0.2, 0.25) is 0 Å². The largest absolute Gasteiger partial charge is 0.478 e. The summed E-state index contributed by atoms with van der Waals surface area (Å²) in [5.41, 5.74) is 1.57. The third kappa shape index (κ3) is 3.59. The lowest BCUT2D eigenvalue weighted by atomic mass is 10.2. The lowest BCUT2D eigenvalue weighted by Crippen LogP contribution is -2.36. The number of nitrogens with one attached hydrogen (secondary N) is 1. The molecule has 5 nitrogen and oxygen atoms in total. The van der Waals surface area contributed by atoms with Gasteiger partial charge in [0.1, 0.15) is 5.76 Å². The predicted octanol–water partition coefficient (Wildman–Crippen LogP) is 2.51. The zero-order valence-corrected chi connectivity index (χ0v) is 12.1. The van der Waals surface area contributed by atoms with Crippen LogP contribution in [0.3, 0.4) is 0 Å². The van der Waals surface area contributed by atoms with Gasteiger partial charge in [0.2, 0.25) is 0 Å². The van der Waals surface area contributed by atoms with Gasteiger partial charge in [0.15, 0.2) is 17.7 Å². The normalized spacial score (nSPS) is 12.0. The van der Waals surface area contributed by atoms with E-state index in [1.165, 1.54) is 12.1 Å². The van der Waals surface area contributed by atoms with E-state index < -0.39 is 11.9 Å². The van der Waals surface area contributed by atoms with Gasteiger partial charge in [-0.15, -0.1) is 0 Å². The molecule has 21 heavy (non-hydrogen) atoms. The fourth-order valence-corrected chi connectivity index (χ4v) is 1.86. The van der Waals surface area contributed by atoms with E-state index in [0.29, 0.717) is 12.3 Å². The number of ether oxygens (including phenoxy) is 1. The Morgan fingerprint density at radius 2 is 2.14 bits per heavy atom. The number of hydrogen-bond acceptors (Lipinski definition) is 4. The highest BCUT2D eigenvalue weighted by atomic mass is 19.1. The second-order valence-corrected chi connectivity index (χ2v) is 4.71. The molecule has 2 aromatic rings. The SMILES string of the molecule is Cc1noc(C)c1CNC(=O)[C@@H](C)Oc1ccccc1F. The van der Waals surface area contributed by atoms with E-state index in [4.69, 9.17) is 9.26 Å². The number of para-hydroxylation sites is 1. The molecule has 1 atom stereocenters. The molecule has 0 aliphatic carbocycles. The van der Waals surface area contributed by atoms with Crippen molar-refractivity contribution < 1.29 is 18.4 Å². The fraction of sp³-hybridized carbons (Fsp3) is 0.333. The molecule has 1 aromatic heterocycles. The molecule has 6 heteroatoms. The fourth-order valence-electron chi connectivity index (χ4n) is 1.86. The van der Waals surface area contributed by atoms with Crippen LogP contribution < -0.4 is 10.1 Å². The highest BCUT2D eigenvalue weighted by Gasteiger charge is 2.17. The predicted molar refractivity (Wildman–Crippen MR) is 74.3 cm³/mol. The lowest BCUT2D eigenvalue weighted by molar-refractivity contribution is -0.127. The summed E-state index contributed by atoms with van der Waals surface area (Å²) in [7, 11) is 0. The van der Waals surface area contributed by atoms with Crippen molar-refractivity contribution in [3.05, 3.63) is 47.1 Å². The number of rotatable bonds is 5. The minimum Gasteiger partial charge on any atom is -0.478 e. The number of aryl methyl sites for hydroxylation is 2. The second kappa shape index (κ2) is 6.39. The van der Waals surface area contributed by atoms with E-state index in [0.717, 1.165) is 11.3 Å². The first-order valence-electron chi connectivity index (χ1n) is 6.59. The van der Waals surface area contributed by atoms with Crippen molar-refractivity contribution in [1.82, 2.24) is 10.5 Å². The average Bonchev–Trinajstić information content (AvgIpc) is 2.78. The number of amides is 1. The number of carbonyl (C=O) groups excluding carboxylic acids is 1. The summed E-state index contributed by atoms with van der Waals surface area (Å²) in [6, 6.07) is 5.97. The Labute approximate surface area is 122 Å². The number of carbonyl (C=O) groups is 1. The quantitative estimate of drug-likeness (QED) is 0.919. The molecule has 0 radical (unpaired) electrons. The third-order valence-corrected chi connectivity index (χ3v) is 3.13. The van der Waals surface area contributed by atoms with E-state index >= 15 is 0 Å². The number of halogens is 1. The Hall–Kier alpha value is -2.37. The van der Waals surface area contributed by atoms with Crippen LogP contribution in [0.5, 0.6) is 5.75 Å². The molecule has 0 aliphatic heterocycles. The van der Waals surface area contributed by atoms with Gasteiger partial charge in [-0.3, -0.25) is 4.79 Å². The van der Waals surface area contributed by atoms with Crippen LogP contribution in [-0.2, 0) is 11.3 Å². The van der Waals surface area contributed by atoms with Crippen molar-refractivity contribution >= 4 is 5.91 Å². The Kier molecular flexibility index (Phi) is 4.57. The first-order chi connectivity index (χ1) is 9.99. The van der Waals surface area contributed by atoms with E-state index in [2.05, 4.69) is 10.5 Å². The summed E-state index contributed by atoms with van der Waals surface area (Å²) in [6.07, 6.45) is -0.803. The van der Waals surface area contributed by atoms with E-state index in [1.54, 1.807) is 32.9 Å². The molecule has 0 spiro atoms. The summed E-state index contributed by atoms with van der Waals surface area (Å²) in [4.78, 5) is 12.0. The molecule has 0 bridgehead atoms. The van der Waals surface area contributed by atoms with Crippen LogP contribution in [0, 0.1) is 19.7 Å². The maximum Gasteiger partial charge on any atom is 0.261 e. The maximum atomic E-state index is 13.5. The van der Waals surface area contributed by atoms with Crippen molar-refractivity contribution in [2.24, 2.45) is 0 Å². The van der Waals surface area contributed by atoms with E-state index in [-0.39, 0.29) is 11.7 Å². The van der Waals surface area contributed by atoms with Gasteiger partial charge in [-0.25, -0.2) is 4.39 Å². The Morgan fingerprint density at radius 3 is 2.76 bits per heavy atom. The smallest absolute Gasteiger partial charge is 0.261 e. The number of benzene rings is 1. The topological polar surface area (TPSA) is 64.4 Å². The van der Waals surface area contributed by atoms with Gasteiger partial charge in [0.25, 0.3) is 5.91 Å². The summed E-state index contributed by atoms with van der Waals surface area (Å²) in [5.74, 6) is -0.117. The minimum absolute atomic E-state index is 0.0532. The van der Waals surface area contributed by atoms with Gasteiger partial charge in [-0.2, -0.15) is 0 Å². The minimum atomic E-state index is -0.803. The standard InChI is InChI=1S/C15H17FN2O3/c1-9-12(10(2)21-18-9)8-17-15(19)11(3)20-14-7-5-4-6-13(14)16/h4-7,11H,8H2,1-3H3,(H,17,19)/t11-/m1/s1. The molecule has 0 saturated heterocycles. The Bertz CT molecular complexity index is 620. The second-order valence-electron chi connectivity index (χ2n) is 4.71. The van der Waals surface area contributed by atoms with Gasteiger partial charge in [-0.1, -0.05) is 17.3 Å². The summed E-state index contributed by atoms with van der Waals surface area (Å²) >= 11 is 0. The maximum absolute atomic E-state index is 13.5. The first-order valence-corrected chi connectivity index (χ1v) is 6.59. The summed E-state index contributed by atoms with van der Waals surface area (Å²) in [5, 5.41) is 6.53. The molecule has 0 fully saturated rings. The third-order valence-electron chi connectivity index (χ3n) is 3.13.